The Hall–Kier alpha value is -2.55. The molecule has 7 nitrogen and oxygen atoms in total. The molecule has 30 heavy (non-hydrogen) atoms. The Labute approximate surface area is 184 Å². The van der Waals surface area contributed by atoms with E-state index < -0.39 is 15.9 Å². The van der Waals surface area contributed by atoms with Crippen LogP contribution in [0.3, 0.4) is 0 Å². The molecule has 1 atom stereocenters. The van der Waals surface area contributed by atoms with Gasteiger partial charge in [0.05, 0.1) is 28.1 Å². The number of ether oxygens (including phenoxy) is 1. The smallest absolute Gasteiger partial charge is 0.249 e. The molecule has 1 N–H and O–H groups in total. The third-order valence-corrected chi connectivity index (χ3v) is 6.59. The van der Waals surface area contributed by atoms with Crippen LogP contribution in [0.5, 0.6) is 5.75 Å². The third-order valence-electron chi connectivity index (χ3n) is 4.40. The second-order valence-electron chi connectivity index (χ2n) is 6.41. The van der Waals surface area contributed by atoms with Gasteiger partial charge in [-0.15, -0.1) is 0 Å². The molecule has 0 radical (unpaired) electrons. The Balaban J connectivity index is 1.94. The topological polar surface area (TPSA) is 90.3 Å². The van der Waals surface area contributed by atoms with Crippen molar-refractivity contribution in [3.05, 3.63) is 64.9 Å². The molecule has 0 fully saturated rings. The van der Waals surface area contributed by atoms with Crippen LogP contribution in [0.2, 0.25) is 10.0 Å². The highest BCUT2D eigenvalue weighted by Gasteiger charge is 2.23. The Morgan fingerprint density at radius 1 is 1.13 bits per heavy atom. The fraction of sp³-hybridized carbons (Fsp3) is 0.200. The highest BCUT2D eigenvalue weighted by atomic mass is 35.5. The van der Waals surface area contributed by atoms with Gasteiger partial charge in [-0.1, -0.05) is 30.1 Å². The first-order valence-corrected chi connectivity index (χ1v) is 11.2. The standard InChI is InChI=1S/C20H19Cl2N3O4S/c1-3-19(25-12-14(22)11-23-25)20(26)24-15-8-16(29-2)10-18(9-15)30(27,28)17-6-4-13(21)5-7-17/h4-12,19H,3H2,1-2H3,(H,24,26). The van der Waals surface area contributed by atoms with E-state index in [0.717, 1.165) is 0 Å². The van der Waals surface area contributed by atoms with Gasteiger partial charge in [0.1, 0.15) is 11.8 Å². The number of anilines is 1. The van der Waals surface area contributed by atoms with Crippen LogP contribution in [0.15, 0.2) is 64.6 Å². The van der Waals surface area contributed by atoms with Gasteiger partial charge in [0.25, 0.3) is 0 Å². The predicted molar refractivity (Wildman–Crippen MR) is 115 cm³/mol. The number of aromatic nitrogens is 2. The quantitative estimate of drug-likeness (QED) is 0.547. The number of halogens is 2. The highest BCUT2D eigenvalue weighted by molar-refractivity contribution is 7.91. The van der Waals surface area contributed by atoms with Crippen LogP contribution in [-0.2, 0) is 14.6 Å². The Morgan fingerprint density at radius 3 is 2.40 bits per heavy atom. The molecule has 2 aromatic carbocycles. The van der Waals surface area contributed by atoms with Crippen LogP contribution in [0.4, 0.5) is 5.69 Å². The number of hydrogen-bond donors (Lipinski definition) is 1. The van der Waals surface area contributed by atoms with Gasteiger partial charge in [-0.25, -0.2) is 8.42 Å². The van der Waals surface area contributed by atoms with E-state index >= 15 is 0 Å². The van der Waals surface area contributed by atoms with E-state index in [0.29, 0.717) is 16.5 Å². The maximum Gasteiger partial charge on any atom is 0.249 e. The van der Waals surface area contributed by atoms with Gasteiger partial charge in [0.15, 0.2) is 0 Å². The first-order valence-electron chi connectivity index (χ1n) is 8.95. The largest absolute Gasteiger partial charge is 0.497 e. The molecule has 10 heteroatoms. The summed E-state index contributed by atoms with van der Waals surface area (Å²) in [5.41, 5.74) is 0.281. The minimum absolute atomic E-state index is 0.0188. The van der Waals surface area contributed by atoms with E-state index in [9.17, 15) is 13.2 Å². The Morgan fingerprint density at radius 2 is 1.83 bits per heavy atom. The number of nitrogens with one attached hydrogen (secondary N) is 1. The minimum atomic E-state index is -3.85. The van der Waals surface area contributed by atoms with Crippen LogP contribution in [-0.4, -0.2) is 31.2 Å². The maximum absolute atomic E-state index is 13.0. The number of carbonyl (C=O) groups is 1. The van der Waals surface area contributed by atoms with Crippen LogP contribution in [0, 0.1) is 0 Å². The molecule has 1 aromatic heterocycles. The fourth-order valence-electron chi connectivity index (χ4n) is 2.87. The highest BCUT2D eigenvalue weighted by Crippen LogP contribution is 2.29. The average Bonchev–Trinajstić information content (AvgIpc) is 3.14. The van der Waals surface area contributed by atoms with Gasteiger partial charge in [0, 0.05) is 23.0 Å². The second kappa shape index (κ2) is 9.07. The zero-order chi connectivity index (χ0) is 21.9. The molecule has 1 unspecified atom stereocenters. The number of amides is 1. The normalized spacial score (nSPS) is 12.4. The lowest BCUT2D eigenvalue weighted by molar-refractivity contribution is -0.119. The number of methoxy groups -OCH3 is 1. The van der Waals surface area contributed by atoms with Crippen molar-refractivity contribution in [1.29, 1.82) is 0 Å². The average molecular weight is 468 g/mol. The van der Waals surface area contributed by atoms with Crippen molar-refractivity contribution in [3.63, 3.8) is 0 Å². The molecule has 0 bridgehead atoms. The molecular weight excluding hydrogens is 449 g/mol. The molecule has 3 rings (SSSR count). The lowest BCUT2D eigenvalue weighted by Crippen LogP contribution is -2.26. The molecule has 3 aromatic rings. The number of carbonyl (C=O) groups excluding carboxylic acids is 1. The summed E-state index contributed by atoms with van der Waals surface area (Å²) in [4.78, 5) is 12.9. The third kappa shape index (κ3) is 4.77. The molecule has 0 saturated heterocycles. The first-order chi connectivity index (χ1) is 14.2. The van der Waals surface area contributed by atoms with Crippen LogP contribution in [0.25, 0.3) is 0 Å². The molecule has 0 aliphatic rings. The van der Waals surface area contributed by atoms with Crippen LogP contribution < -0.4 is 10.1 Å². The lowest BCUT2D eigenvalue weighted by Gasteiger charge is -2.17. The van der Waals surface area contributed by atoms with Crippen LogP contribution >= 0.6 is 23.2 Å². The van der Waals surface area contributed by atoms with Crippen molar-refractivity contribution in [3.8, 4) is 5.75 Å². The molecule has 158 valence electrons. The van der Waals surface area contributed by atoms with Crippen molar-refractivity contribution in [2.75, 3.05) is 12.4 Å². The zero-order valence-corrected chi connectivity index (χ0v) is 18.5. The molecule has 0 saturated carbocycles. The number of rotatable bonds is 7. The first kappa shape index (κ1) is 22.1. The van der Waals surface area contributed by atoms with Gasteiger partial charge in [-0.2, -0.15) is 5.10 Å². The summed E-state index contributed by atoms with van der Waals surface area (Å²) >= 11 is 11.8. The van der Waals surface area contributed by atoms with E-state index in [2.05, 4.69) is 10.4 Å². The number of hydrogen-bond acceptors (Lipinski definition) is 5. The fourth-order valence-corrected chi connectivity index (χ4v) is 4.46. The minimum Gasteiger partial charge on any atom is -0.497 e. The summed E-state index contributed by atoms with van der Waals surface area (Å²) in [7, 11) is -2.43. The van der Waals surface area contributed by atoms with Crippen LogP contribution in [0.1, 0.15) is 19.4 Å². The van der Waals surface area contributed by atoms with Crippen molar-refractivity contribution in [1.82, 2.24) is 9.78 Å². The number of sulfone groups is 1. The molecule has 1 amide bonds. The lowest BCUT2D eigenvalue weighted by atomic mass is 10.2. The van der Waals surface area contributed by atoms with E-state index in [1.165, 1.54) is 54.4 Å². The van der Waals surface area contributed by atoms with Gasteiger partial charge < -0.3 is 10.1 Å². The predicted octanol–water partition coefficient (Wildman–Crippen LogP) is 4.62. The van der Waals surface area contributed by atoms with Crippen molar-refractivity contribution < 1.29 is 17.9 Å². The number of benzene rings is 2. The van der Waals surface area contributed by atoms with Crippen molar-refractivity contribution >= 4 is 44.6 Å². The summed E-state index contributed by atoms with van der Waals surface area (Å²) in [6.07, 6.45) is 3.46. The summed E-state index contributed by atoms with van der Waals surface area (Å²) in [5, 5.41) is 7.66. The maximum atomic E-state index is 13.0. The monoisotopic (exact) mass is 467 g/mol. The Kier molecular flexibility index (Phi) is 6.70. The van der Waals surface area contributed by atoms with Crippen molar-refractivity contribution in [2.24, 2.45) is 0 Å². The van der Waals surface area contributed by atoms with E-state index in [-0.39, 0.29) is 27.1 Å². The second-order valence-corrected chi connectivity index (χ2v) is 9.23. The number of nitrogens with zero attached hydrogens (tertiary/aromatic N) is 2. The molecule has 0 spiro atoms. The van der Waals surface area contributed by atoms with Crippen molar-refractivity contribution in [2.45, 2.75) is 29.2 Å². The summed E-state index contributed by atoms with van der Waals surface area (Å²) < 4.78 is 32.7. The van der Waals surface area contributed by atoms with E-state index in [1.54, 1.807) is 12.3 Å². The molecule has 0 aliphatic carbocycles. The molecule has 0 aliphatic heterocycles. The summed E-state index contributed by atoms with van der Waals surface area (Å²) in [6, 6.07) is 9.55. The summed E-state index contributed by atoms with van der Waals surface area (Å²) in [6.45, 7) is 1.84. The van der Waals surface area contributed by atoms with Gasteiger partial charge >= 0.3 is 0 Å². The SMILES string of the molecule is CCC(C(=O)Nc1cc(OC)cc(S(=O)(=O)c2ccc(Cl)cc2)c1)n1cc(Cl)cn1. The zero-order valence-electron chi connectivity index (χ0n) is 16.2. The van der Waals surface area contributed by atoms with E-state index in [1.807, 2.05) is 6.92 Å². The van der Waals surface area contributed by atoms with Gasteiger partial charge in [0.2, 0.25) is 15.7 Å². The molecular formula is C20H19Cl2N3O4S. The Bertz CT molecular complexity index is 1160. The summed E-state index contributed by atoms with van der Waals surface area (Å²) in [5.74, 6) is -0.0733. The molecule has 1 heterocycles. The van der Waals surface area contributed by atoms with E-state index in [4.69, 9.17) is 27.9 Å². The van der Waals surface area contributed by atoms with Gasteiger partial charge in [-0.3, -0.25) is 9.48 Å². The van der Waals surface area contributed by atoms with Gasteiger partial charge in [-0.05, 0) is 42.8 Å².